The second kappa shape index (κ2) is 9.30. The van der Waals surface area contributed by atoms with Gasteiger partial charge in [0.25, 0.3) is 0 Å². The molecule has 3 nitrogen and oxygen atoms in total. The van der Waals surface area contributed by atoms with Crippen LogP contribution in [0.5, 0.6) is 5.75 Å². The molecule has 0 radical (unpaired) electrons. The monoisotopic (exact) mass is 320 g/mol. The number of alkyl halides is 1. The van der Waals surface area contributed by atoms with E-state index in [1.807, 2.05) is 6.07 Å². The highest BCUT2D eigenvalue weighted by Crippen LogP contribution is 2.24. The molecule has 0 heterocycles. The van der Waals surface area contributed by atoms with Gasteiger partial charge in [-0.2, -0.15) is 0 Å². The number of para-hydroxylation sites is 1. The van der Waals surface area contributed by atoms with Gasteiger partial charge in [-0.1, -0.05) is 28.1 Å². The van der Waals surface area contributed by atoms with Crippen LogP contribution in [0.2, 0.25) is 0 Å². The standard InChI is InChI=1S/C13H18BrFO3/c1-16-8-9-17-6-3-7-18-13-11(10-14)4-2-5-12(13)15/h2,4-5H,3,6-10H2,1H3. The fourth-order valence-corrected chi connectivity index (χ4v) is 1.84. The normalized spacial score (nSPS) is 10.6. The zero-order chi connectivity index (χ0) is 13.2. The van der Waals surface area contributed by atoms with Gasteiger partial charge in [0.15, 0.2) is 11.6 Å². The van der Waals surface area contributed by atoms with Gasteiger partial charge >= 0.3 is 0 Å². The van der Waals surface area contributed by atoms with E-state index in [-0.39, 0.29) is 5.82 Å². The van der Waals surface area contributed by atoms with E-state index in [4.69, 9.17) is 14.2 Å². The van der Waals surface area contributed by atoms with Crippen LogP contribution in [0.3, 0.4) is 0 Å². The van der Waals surface area contributed by atoms with Crippen molar-refractivity contribution in [1.82, 2.24) is 0 Å². The summed E-state index contributed by atoms with van der Waals surface area (Å²) in [5.41, 5.74) is 0.815. The van der Waals surface area contributed by atoms with Crippen LogP contribution in [0.4, 0.5) is 4.39 Å². The maximum absolute atomic E-state index is 13.5. The summed E-state index contributed by atoms with van der Waals surface area (Å²) in [4.78, 5) is 0. The molecule has 0 spiro atoms. The van der Waals surface area contributed by atoms with E-state index >= 15 is 0 Å². The van der Waals surface area contributed by atoms with Crippen LogP contribution < -0.4 is 4.74 Å². The van der Waals surface area contributed by atoms with Crippen LogP contribution >= 0.6 is 15.9 Å². The number of methoxy groups -OCH3 is 1. The molecule has 0 aromatic heterocycles. The molecule has 0 N–H and O–H groups in total. The average Bonchev–Trinajstić information content (AvgIpc) is 2.39. The lowest BCUT2D eigenvalue weighted by atomic mass is 10.2. The van der Waals surface area contributed by atoms with Gasteiger partial charge in [0.1, 0.15) is 0 Å². The molecular formula is C13H18BrFO3. The molecule has 0 unspecified atom stereocenters. The molecule has 0 saturated heterocycles. The van der Waals surface area contributed by atoms with Crippen LogP contribution in [0.15, 0.2) is 18.2 Å². The first-order valence-electron chi connectivity index (χ1n) is 5.82. The fraction of sp³-hybridized carbons (Fsp3) is 0.538. The number of hydrogen-bond acceptors (Lipinski definition) is 3. The van der Waals surface area contributed by atoms with Gasteiger partial charge in [-0.3, -0.25) is 0 Å². The van der Waals surface area contributed by atoms with E-state index in [1.165, 1.54) is 6.07 Å². The third-order valence-corrected chi connectivity index (χ3v) is 2.91. The average molecular weight is 321 g/mol. The zero-order valence-electron chi connectivity index (χ0n) is 10.5. The van der Waals surface area contributed by atoms with Crippen molar-refractivity contribution >= 4 is 15.9 Å². The van der Waals surface area contributed by atoms with Crippen LogP contribution in [0, 0.1) is 5.82 Å². The van der Waals surface area contributed by atoms with Crippen LogP contribution in [0.25, 0.3) is 0 Å². The largest absolute Gasteiger partial charge is 0.490 e. The minimum absolute atomic E-state index is 0.325. The number of benzene rings is 1. The van der Waals surface area contributed by atoms with Gasteiger partial charge in [-0.05, 0) is 6.07 Å². The van der Waals surface area contributed by atoms with Crippen molar-refractivity contribution in [1.29, 1.82) is 0 Å². The summed E-state index contributed by atoms with van der Waals surface area (Å²) in [5, 5.41) is 0.574. The van der Waals surface area contributed by atoms with Crippen molar-refractivity contribution in [2.24, 2.45) is 0 Å². The molecule has 1 aromatic rings. The number of hydrogen-bond donors (Lipinski definition) is 0. The lowest BCUT2D eigenvalue weighted by Crippen LogP contribution is -2.08. The Hall–Kier alpha value is -0.650. The third-order valence-electron chi connectivity index (χ3n) is 2.30. The molecule has 0 bridgehead atoms. The first kappa shape index (κ1) is 15.4. The third kappa shape index (κ3) is 5.33. The highest BCUT2D eigenvalue weighted by molar-refractivity contribution is 9.08. The zero-order valence-corrected chi connectivity index (χ0v) is 12.0. The molecule has 0 aliphatic heterocycles. The quantitative estimate of drug-likeness (QED) is 0.516. The Morgan fingerprint density at radius 2 is 2.00 bits per heavy atom. The van der Waals surface area contributed by atoms with Crippen molar-refractivity contribution in [2.45, 2.75) is 11.8 Å². The van der Waals surface area contributed by atoms with Crippen molar-refractivity contribution in [2.75, 3.05) is 33.5 Å². The maximum Gasteiger partial charge on any atom is 0.165 e. The first-order chi connectivity index (χ1) is 8.79. The highest BCUT2D eigenvalue weighted by Gasteiger charge is 2.08. The Morgan fingerprint density at radius 1 is 1.17 bits per heavy atom. The summed E-state index contributed by atoms with van der Waals surface area (Å²) < 4.78 is 29.1. The maximum atomic E-state index is 13.5. The molecule has 0 aliphatic carbocycles. The molecule has 0 fully saturated rings. The molecule has 0 saturated carbocycles. The van der Waals surface area contributed by atoms with Gasteiger partial charge in [-0.15, -0.1) is 0 Å². The van der Waals surface area contributed by atoms with E-state index in [9.17, 15) is 4.39 Å². The van der Waals surface area contributed by atoms with Crippen molar-refractivity contribution in [3.8, 4) is 5.75 Å². The second-order valence-electron chi connectivity index (χ2n) is 3.67. The topological polar surface area (TPSA) is 27.7 Å². The van der Waals surface area contributed by atoms with Crippen molar-refractivity contribution < 1.29 is 18.6 Å². The molecule has 18 heavy (non-hydrogen) atoms. The number of ether oxygens (including phenoxy) is 3. The first-order valence-corrected chi connectivity index (χ1v) is 6.94. The molecular weight excluding hydrogens is 303 g/mol. The SMILES string of the molecule is COCCOCCCOc1c(F)cccc1CBr. The Balaban J connectivity index is 2.26. The van der Waals surface area contributed by atoms with Crippen LogP contribution in [-0.2, 0) is 14.8 Å². The molecule has 1 rings (SSSR count). The summed E-state index contributed by atoms with van der Waals surface area (Å²) in [6.07, 6.45) is 0.722. The second-order valence-corrected chi connectivity index (χ2v) is 4.23. The highest BCUT2D eigenvalue weighted by atomic mass is 79.9. The minimum Gasteiger partial charge on any atom is -0.490 e. The smallest absolute Gasteiger partial charge is 0.165 e. The summed E-state index contributed by atoms with van der Waals surface area (Å²) in [6.45, 7) is 2.18. The van der Waals surface area contributed by atoms with Crippen LogP contribution in [0.1, 0.15) is 12.0 Å². The summed E-state index contributed by atoms with van der Waals surface area (Å²) >= 11 is 3.31. The predicted molar refractivity (Wildman–Crippen MR) is 71.8 cm³/mol. The van der Waals surface area contributed by atoms with E-state index in [2.05, 4.69) is 15.9 Å². The van der Waals surface area contributed by atoms with Crippen molar-refractivity contribution in [3.05, 3.63) is 29.6 Å². The molecule has 5 heteroatoms. The van der Waals surface area contributed by atoms with Crippen molar-refractivity contribution in [3.63, 3.8) is 0 Å². The van der Waals surface area contributed by atoms with Gasteiger partial charge in [0.2, 0.25) is 0 Å². The predicted octanol–water partition coefficient (Wildman–Crippen LogP) is 3.15. The van der Waals surface area contributed by atoms with Gasteiger partial charge in [0.05, 0.1) is 19.8 Å². The van der Waals surface area contributed by atoms with Gasteiger partial charge in [-0.25, -0.2) is 4.39 Å². The van der Waals surface area contributed by atoms with Gasteiger partial charge in [0, 0.05) is 31.0 Å². The van der Waals surface area contributed by atoms with Crippen LogP contribution in [-0.4, -0.2) is 33.5 Å². The lowest BCUT2D eigenvalue weighted by Gasteiger charge is -2.11. The molecule has 1 aromatic carbocycles. The summed E-state index contributed by atoms with van der Waals surface area (Å²) in [7, 11) is 1.63. The Kier molecular flexibility index (Phi) is 7.96. The van der Waals surface area contributed by atoms with E-state index in [0.29, 0.717) is 37.5 Å². The van der Waals surface area contributed by atoms with E-state index < -0.39 is 0 Å². The fourth-order valence-electron chi connectivity index (χ4n) is 1.40. The Morgan fingerprint density at radius 3 is 2.72 bits per heavy atom. The Bertz CT molecular complexity index is 347. The lowest BCUT2D eigenvalue weighted by molar-refractivity contribution is 0.0642. The number of halogens is 2. The van der Waals surface area contributed by atoms with Gasteiger partial charge < -0.3 is 14.2 Å². The minimum atomic E-state index is -0.327. The molecule has 0 atom stereocenters. The summed E-state index contributed by atoms with van der Waals surface area (Å²) in [5.74, 6) is -0.00137. The molecule has 0 aliphatic rings. The molecule has 0 amide bonds. The van der Waals surface area contributed by atoms with E-state index in [0.717, 1.165) is 12.0 Å². The summed E-state index contributed by atoms with van der Waals surface area (Å²) in [6, 6.07) is 4.91. The Labute approximate surface area is 115 Å². The molecule has 102 valence electrons. The number of rotatable bonds is 9. The van der Waals surface area contributed by atoms with E-state index in [1.54, 1.807) is 13.2 Å².